The summed E-state index contributed by atoms with van der Waals surface area (Å²) in [5.74, 6) is -0.138. The van der Waals surface area contributed by atoms with Gasteiger partial charge in [-0.25, -0.2) is 9.59 Å². The first-order chi connectivity index (χ1) is 15.4. The number of aryl methyl sites for hydroxylation is 2. The van der Waals surface area contributed by atoms with Crippen LogP contribution in [0.4, 0.5) is 5.00 Å². The van der Waals surface area contributed by atoms with Crippen LogP contribution in [0, 0.1) is 6.92 Å². The van der Waals surface area contributed by atoms with E-state index in [1.165, 1.54) is 17.4 Å². The monoisotopic (exact) mass is 455 g/mol. The molecule has 2 aromatic heterocycles. The van der Waals surface area contributed by atoms with Crippen LogP contribution in [-0.2, 0) is 16.0 Å². The van der Waals surface area contributed by atoms with Crippen molar-refractivity contribution in [1.29, 1.82) is 0 Å². The standard InChI is InChI=1S/C24H25NO6S/c1-4-29-24(28)22-21-13(2)6-5-7-18(21)32-23(22)25-19(26)12-30-15-8-9-16-14(3)10-20(27)31-17(16)11-15/h8-11,13H,4-7,12H2,1-3H3,(H,25,26). The maximum Gasteiger partial charge on any atom is 0.341 e. The molecule has 7 nitrogen and oxygen atoms in total. The molecule has 1 unspecified atom stereocenters. The molecule has 1 aliphatic carbocycles. The summed E-state index contributed by atoms with van der Waals surface area (Å²) in [6.45, 7) is 5.71. The lowest BCUT2D eigenvalue weighted by molar-refractivity contribution is -0.118. The summed E-state index contributed by atoms with van der Waals surface area (Å²) in [4.78, 5) is 38.0. The SMILES string of the molecule is CCOC(=O)c1c(NC(=O)COc2ccc3c(C)cc(=O)oc3c2)sc2c1C(C)CCC2. The summed E-state index contributed by atoms with van der Waals surface area (Å²) in [6.07, 6.45) is 2.96. The molecule has 0 bridgehead atoms. The van der Waals surface area contributed by atoms with Gasteiger partial charge >= 0.3 is 11.6 Å². The Bertz CT molecular complexity index is 1240. The number of amides is 1. The number of benzene rings is 1. The number of anilines is 1. The Morgan fingerprint density at radius 2 is 2.09 bits per heavy atom. The minimum Gasteiger partial charge on any atom is -0.484 e. The number of fused-ring (bicyclic) bond motifs is 2. The second-order valence-electron chi connectivity index (χ2n) is 7.90. The lowest BCUT2D eigenvalue weighted by Gasteiger charge is -2.19. The minimum absolute atomic E-state index is 0.243. The van der Waals surface area contributed by atoms with Crippen LogP contribution in [0.1, 0.15) is 59.0 Å². The smallest absolute Gasteiger partial charge is 0.341 e. The molecule has 0 fully saturated rings. The van der Waals surface area contributed by atoms with Gasteiger partial charge in [-0.05, 0) is 62.3 Å². The molecule has 4 rings (SSSR count). The highest BCUT2D eigenvalue weighted by Crippen LogP contribution is 2.43. The summed E-state index contributed by atoms with van der Waals surface area (Å²) in [5.41, 5.74) is 2.24. The topological polar surface area (TPSA) is 94.8 Å². The molecule has 1 amide bonds. The highest BCUT2D eigenvalue weighted by atomic mass is 32.1. The number of hydrogen-bond donors (Lipinski definition) is 1. The summed E-state index contributed by atoms with van der Waals surface area (Å²) in [7, 11) is 0. The Morgan fingerprint density at radius 1 is 1.28 bits per heavy atom. The molecule has 32 heavy (non-hydrogen) atoms. The molecule has 0 spiro atoms. The zero-order valence-electron chi connectivity index (χ0n) is 18.3. The van der Waals surface area contributed by atoms with Crippen molar-refractivity contribution in [2.75, 3.05) is 18.5 Å². The fourth-order valence-electron chi connectivity index (χ4n) is 4.11. The van der Waals surface area contributed by atoms with Gasteiger partial charge in [0.05, 0.1) is 12.2 Å². The highest BCUT2D eigenvalue weighted by molar-refractivity contribution is 7.17. The van der Waals surface area contributed by atoms with E-state index in [-0.39, 0.29) is 25.0 Å². The first-order valence-electron chi connectivity index (χ1n) is 10.7. The van der Waals surface area contributed by atoms with Gasteiger partial charge in [-0.3, -0.25) is 4.79 Å². The lowest BCUT2D eigenvalue weighted by atomic mass is 9.86. The molecule has 168 valence electrons. The van der Waals surface area contributed by atoms with Crippen molar-refractivity contribution in [3.05, 3.63) is 56.3 Å². The molecule has 3 aromatic rings. The summed E-state index contributed by atoms with van der Waals surface area (Å²) < 4.78 is 16.1. The van der Waals surface area contributed by atoms with Gasteiger partial charge in [0, 0.05) is 22.4 Å². The van der Waals surface area contributed by atoms with Crippen LogP contribution < -0.4 is 15.7 Å². The van der Waals surface area contributed by atoms with Crippen molar-refractivity contribution < 1.29 is 23.5 Å². The predicted octanol–water partition coefficient (Wildman–Crippen LogP) is 4.80. The molecular weight excluding hydrogens is 430 g/mol. The number of ether oxygens (including phenoxy) is 2. The van der Waals surface area contributed by atoms with E-state index in [0.29, 0.717) is 21.9 Å². The third-order valence-electron chi connectivity index (χ3n) is 5.58. The first-order valence-corrected chi connectivity index (χ1v) is 11.5. The van der Waals surface area contributed by atoms with Gasteiger partial charge in [-0.2, -0.15) is 0 Å². The Balaban J connectivity index is 1.51. The van der Waals surface area contributed by atoms with E-state index in [1.807, 2.05) is 6.92 Å². The Morgan fingerprint density at radius 3 is 2.88 bits per heavy atom. The largest absolute Gasteiger partial charge is 0.484 e. The van der Waals surface area contributed by atoms with E-state index in [4.69, 9.17) is 13.9 Å². The lowest BCUT2D eigenvalue weighted by Crippen LogP contribution is -2.21. The highest BCUT2D eigenvalue weighted by Gasteiger charge is 2.30. The zero-order valence-corrected chi connectivity index (χ0v) is 19.1. The Hall–Kier alpha value is -3.13. The van der Waals surface area contributed by atoms with Crippen LogP contribution in [0.2, 0.25) is 0 Å². The Kier molecular flexibility index (Phi) is 6.32. The average molecular weight is 456 g/mol. The second-order valence-corrected chi connectivity index (χ2v) is 9.01. The Labute approximate surface area is 189 Å². The summed E-state index contributed by atoms with van der Waals surface area (Å²) >= 11 is 1.44. The molecule has 1 atom stereocenters. The van der Waals surface area contributed by atoms with Crippen molar-refractivity contribution >= 4 is 39.2 Å². The van der Waals surface area contributed by atoms with E-state index in [9.17, 15) is 14.4 Å². The van der Waals surface area contributed by atoms with Gasteiger partial charge in [0.1, 0.15) is 16.3 Å². The van der Waals surface area contributed by atoms with E-state index < -0.39 is 11.6 Å². The molecule has 1 aromatic carbocycles. The van der Waals surface area contributed by atoms with Crippen molar-refractivity contribution in [3.63, 3.8) is 0 Å². The van der Waals surface area contributed by atoms with Crippen molar-refractivity contribution in [2.45, 2.75) is 46.0 Å². The van der Waals surface area contributed by atoms with E-state index in [1.54, 1.807) is 25.1 Å². The van der Waals surface area contributed by atoms with Gasteiger partial charge in [0.15, 0.2) is 6.61 Å². The van der Waals surface area contributed by atoms with Gasteiger partial charge < -0.3 is 19.2 Å². The second kappa shape index (κ2) is 9.16. The third kappa shape index (κ3) is 4.41. The molecule has 8 heteroatoms. The number of carbonyl (C=O) groups excluding carboxylic acids is 2. The van der Waals surface area contributed by atoms with E-state index >= 15 is 0 Å². The number of carbonyl (C=O) groups is 2. The van der Waals surface area contributed by atoms with Crippen molar-refractivity contribution in [2.24, 2.45) is 0 Å². The number of thiophene rings is 1. The van der Waals surface area contributed by atoms with Crippen LogP contribution in [0.15, 0.2) is 33.5 Å². The van der Waals surface area contributed by atoms with E-state index in [0.717, 1.165) is 40.7 Å². The molecule has 0 radical (unpaired) electrons. The minimum atomic E-state index is -0.438. The van der Waals surface area contributed by atoms with Crippen LogP contribution in [0.5, 0.6) is 5.75 Å². The third-order valence-corrected chi connectivity index (χ3v) is 6.76. The van der Waals surface area contributed by atoms with Gasteiger partial charge in [0.25, 0.3) is 5.91 Å². The number of esters is 1. The molecule has 0 saturated carbocycles. The van der Waals surface area contributed by atoms with Gasteiger partial charge in [-0.1, -0.05) is 6.92 Å². The van der Waals surface area contributed by atoms with Crippen LogP contribution >= 0.6 is 11.3 Å². The fourth-order valence-corrected chi connectivity index (χ4v) is 5.48. The number of nitrogens with one attached hydrogen (secondary N) is 1. The number of rotatable bonds is 6. The van der Waals surface area contributed by atoms with Crippen LogP contribution in [0.25, 0.3) is 11.0 Å². The van der Waals surface area contributed by atoms with Gasteiger partial charge in [-0.15, -0.1) is 11.3 Å². The zero-order chi connectivity index (χ0) is 22.8. The summed E-state index contributed by atoms with van der Waals surface area (Å²) in [5, 5.41) is 4.15. The maximum absolute atomic E-state index is 12.7. The molecule has 0 aliphatic heterocycles. The molecular formula is C24H25NO6S. The van der Waals surface area contributed by atoms with Gasteiger partial charge in [0.2, 0.25) is 0 Å². The molecule has 0 saturated heterocycles. The van der Waals surface area contributed by atoms with Crippen molar-refractivity contribution in [1.82, 2.24) is 0 Å². The molecule has 1 N–H and O–H groups in total. The molecule has 2 heterocycles. The van der Waals surface area contributed by atoms with Crippen LogP contribution in [0.3, 0.4) is 0 Å². The first kappa shape index (κ1) is 22.1. The quantitative estimate of drug-likeness (QED) is 0.424. The predicted molar refractivity (Wildman–Crippen MR) is 123 cm³/mol. The maximum atomic E-state index is 12.7. The average Bonchev–Trinajstić information content (AvgIpc) is 3.11. The number of hydrogen-bond acceptors (Lipinski definition) is 7. The van der Waals surface area contributed by atoms with Crippen molar-refractivity contribution in [3.8, 4) is 5.75 Å². The van der Waals surface area contributed by atoms with Crippen LogP contribution in [-0.4, -0.2) is 25.1 Å². The van der Waals surface area contributed by atoms with E-state index in [2.05, 4.69) is 12.2 Å². The fraction of sp³-hybridized carbons (Fsp3) is 0.375. The molecule has 1 aliphatic rings. The normalized spacial score (nSPS) is 15.3. The summed E-state index contributed by atoms with van der Waals surface area (Å²) in [6, 6.07) is 6.53.